The first-order chi connectivity index (χ1) is 9.29. The molecule has 0 radical (unpaired) electrons. The molecule has 19 heavy (non-hydrogen) atoms. The molecule has 0 bridgehead atoms. The minimum atomic E-state index is 0.331. The highest BCUT2D eigenvalue weighted by atomic mass is 79.9. The number of hydrogen-bond acceptors (Lipinski definition) is 3. The van der Waals surface area contributed by atoms with Crippen molar-refractivity contribution in [3.8, 4) is 22.6 Å². The van der Waals surface area contributed by atoms with Gasteiger partial charge in [-0.25, -0.2) is 0 Å². The van der Waals surface area contributed by atoms with Crippen LogP contribution in [0.1, 0.15) is 5.76 Å². The first-order valence-corrected chi connectivity index (χ1v) is 7.15. The van der Waals surface area contributed by atoms with Gasteiger partial charge in [0, 0.05) is 0 Å². The van der Waals surface area contributed by atoms with E-state index in [1.54, 1.807) is 12.1 Å². The van der Waals surface area contributed by atoms with Gasteiger partial charge in [-0.05, 0) is 29.3 Å². The fraction of sp³-hybridized carbons (Fsp3) is 0.0714. The van der Waals surface area contributed by atoms with Crippen molar-refractivity contribution in [2.24, 2.45) is 0 Å². The Bertz CT molecular complexity index is 691. The Labute approximate surface area is 123 Å². The van der Waals surface area contributed by atoms with Crippen molar-refractivity contribution in [1.82, 2.24) is 5.16 Å². The van der Waals surface area contributed by atoms with E-state index in [2.05, 4.69) is 21.1 Å². The second-order valence-corrected chi connectivity index (χ2v) is 4.87. The van der Waals surface area contributed by atoms with Crippen LogP contribution in [0.3, 0.4) is 0 Å². The lowest BCUT2D eigenvalue weighted by Gasteiger charge is -2.01. The molecule has 96 valence electrons. The summed E-state index contributed by atoms with van der Waals surface area (Å²) in [5.74, 6) is 1.36. The predicted octanol–water partition coefficient (Wildman–Crippen LogP) is 5.15. The normalized spacial score (nSPS) is 10.8. The van der Waals surface area contributed by atoms with E-state index in [4.69, 9.17) is 20.5 Å². The molecule has 3 rings (SSSR count). The third-order valence-electron chi connectivity index (χ3n) is 2.75. The number of nitrogens with zero attached hydrogens (tertiary/aromatic N) is 1. The Kier molecular flexibility index (Phi) is 3.44. The molecule has 0 aliphatic carbocycles. The number of furan rings is 1. The van der Waals surface area contributed by atoms with Crippen molar-refractivity contribution >= 4 is 27.5 Å². The van der Waals surface area contributed by atoms with Crippen LogP contribution in [0.15, 0.2) is 51.4 Å². The summed E-state index contributed by atoms with van der Waals surface area (Å²) in [5, 5.41) is 5.00. The average Bonchev–Trinajstić information content (AvgIpc) is 3.05. The van der Waals surface area contributed by atoms with Crippen LogP contribution in [0, 0.1) is 0 Å². The summed E-state index contributed by atoms with van der Waals surface area (Å²) in [6, 6.07) is 13.4. The zero-order valence-corrected chi connectivity index (χ0v) is 12.1. The van der Waals surface area contributed by atoms with E-state index in [9.17, 15) is 0 Å². The molecule has 1 aromatic carbocycles. The molecule has 0 saturated heterocycles. The molecule has 0 amide bonds. The SMILES string of the molecule is Clc1ccc(-c2noc(CBr)c2-c2ccccc2)o1. The van der Waals surface area contributed by atoms with E-state index >= 15 is 0 Å². The van der Waals surface area contributed by atoms with Gasteiger partial charge >= 0.3 is 0 Å². The van der Waals surface area contributed by atoms with Gasteiger partial charge in [0.05, 0.1) is 10.9 Å². The lowest BCUT2D eigenvalue weighted by molar-refractivity contribution is 0.396. The predicted molar refractivity (Wildman–Crippen MR) is 77.3 cm³/mol. The van der Waals surface area contributed by atoms with Gasteiger partial charge in [-0.2, -0.15) is 0 Å². The number of aromatic nitrogens is 1. The smallest absolute Gasteiger partial charge is 0.194 e. The molecular formula is C14H9BrClNO2. The van der Waals surface area contributed by atoms with Crippen LogP contribution < -0.4 is 0 Å². The van der Waals surface area contributed by atoms with Gasteiger partial charge in [-0.1, -0.05) is 51.4 Å². The Morgan fingerprint density at radius 1 is 1.11 bits per heavy atom. The Hall–Kier alpha value is -1.52. The van der Waals surface area contributed by atoms with E-state index in [0.717, 1.165) is 16.9 Å². The van der Waals surface area contributed by atoms with E-state index in [1.807, 2.05) is 30.3 Å². The van der Waals surface area contributed by atoms with Crippen molar-refractivity contribution in [1.29, 1.82) is 0 Å². The molecule has 0 atom stereocenters. The summed E-state index contributed by atoms with van der Waals surface area (Å²) in [5.41, 5.74) is 2.61. The number of halogens is 2. The molecule has 3 aromatic rings. The summed E-state index contributed by atoms with van der Waals surface area (Å²) < 4.78 is 10.8. The first kappa shape index (κ1) is 12.5. The molecule has 2 aromatic heterocycles. The third kappa shape index (κ3) is 2.33. The quantitative estimate of drug-likeness (QED) is 0.620. The monoisotopic (exact) mass is 337 g/mol. The largest absolute Gasteiger partial charge is 0.443 e. The first-order valence-electron chi connectivity index (χ1n) is 5.65. The molecule has 0 saturated carbocycles. The molecule has 0 fully saturated rings. The van der Waals surface area contributed by atoms with Crippen LogP contribution in [-0.2, 0) is 5.33 Å². The molecule has 3 nitrogen and oxygen atoms in total. The lowest BCUT2D eigenvalue weighted by Crippen LogP contribution is -1.83. The van der Waals surface area contributed by atoms with Gasteiger partial charge in [0.25, 0.3) is 0 Å². The van der Waals surface area contributed by atoms with Gasteiger partial charge in [-0.3, -0.25) is 0 Å². The number of rotatable bonds is 3. The van der Waals surface area contributed by atoms with Crippen molar-refractivity contribution < 1.29 is 8.94 Å². The number of hydrogen-bond donors (Lipinski definition) is 0. The Morgan fingerprint density at radius 3 is 2.53 bits per heavy atom. The molecule has 0 unspecified atom stereocenters. The second kappa shape index (κ2) is 5.23. The Morgan fingerprint density at radius 2 is 1.89 bits per heavy atom. The summed E-state index contributed by atoms with van der Waals surface area (Å²) in [6.07, 6.45) is 0. The topological polar surface area (TPSA) is 39.2 Å². The molecular weight excluding hydrogens is 330 g/mol. The van der Waals surface area contributed by atoms with Crippen LogP contribution in [0.4, 0.5) is 0 Å². The van der Waals surface area contributed by atoms with Crippen LogP contribution in [0.25, 0.3) is 22.6 Å². The van der Waals surface area contributed by atoms with E-state index in [0.29, 0.717) is 22.0 Å². The van der Waals surface area contributed by atoms with Gasteiger partial charge in [-0.15, -0.1) is 0 Å². The zero-order chi connectivity index (χ0) is 13.2. The minimum Gasteiger partial charge on any atom is -0.443 e. The fourth-order valence-electron chi connectivity index (χ4n) is 1.93. The zero-order valence-electron chi connectivity index (χ0n) is 9.77. The van der Waals surface area contributed by atoms with Gasteiger partial charge in [0.2, 0.25) is 0 Å². The number of alkyl halides is 1. The molecule has 0 N–H and O–H groups in total. The highest BCUT2D eigenvalue weighted by Gasteiger charge is 2.20. The maximum absolute atomic E-state index is 5.82. The van der Waals surface area contributed by atoms with E-state index < -0.39 is 0 Å². The van der Waals surface area contributed by atoms with Gasteiger partial charge in [0.15, 0.2) is 22.4 Å². The molecule has 0 aliphatic rings. The maximum Gasteiger partial charge on any atom is 0.194 e. The van der Waals surface area contributed by atoms with Gasteiger partial charge < -0.3 is 8.94 Å². The fourth-order valence-corrected chi connectivity index (χ4v) is 2.46. The lowest BCUT2D eigenvalue weighted by atomic mass is 10.0. The highest BCUT2D eigenvalue weighted by molar-refractivity contribution is 9.08. The van der Waals surface area contributed by atoms with Crippen LogP contribution in [0.2, 0.25) is 5.22 Å². The number of benzene rings is 1. The molecule has 2 heterocycles. The Balaban J connectivity index is 2.19. The van der Waals surface area contributed by atoms with Crippen LogP contribution in [0.5, 0.6) is 0 Å². The summed E-state index contributed by atoms with van der Waals surface area (Å²) in [6.45, 7) is 0. The van der Waals surface area contributed by atoms with Crippen molar-refractivity contribution in [3.63, 3.8) is 0 Å². The summed E-state index contributed by atoms with van der Waals surface area (Å²) in [7, 11) is 0. The van der Waals surface area contributed by atoms with Crippen LogP contribution in [-0.4, -0.2) is 5.16 Å². The molecule has 0 aliphatic heterocycles. The minimum absolute atomic E-state index is 0.331. The van der Waals surface area contributed by atoms with Gasteiger partial charge in [0.1, 0.15) is 0 Å². The van der Waals surface area contributed by atoms with E-state index in [-0.39, 0.29) is 0 Å². The highest BCUT2D eigenvalue weighted by Crippen LogP contribution is 2.36. The summed E-state index contributed by atoms with van der Waals surface area (Å²) >= 11 is 9.22. The second-order valence-electron chi connectivity index (χ2n) is 3.93. The molecule has 0 spiro atoms. The van der Waals surface area contributed by atoms with Crippen molar-refractivity contribution in [3.05, 3.63) is 53.4 Å². The third-order valence-corrected chi connectivity index (χ3v) is 3.47. The molecule has 5 heteroatoms. The standard InChI is InChI=1S/C14H9BrClNO2/c15-8-11-13(9-4-2-1-3-5-9)14(17-19-11)10-6-7-12(16)18-10/h1-7H,8H2. The summed E-state index contributed by atoms with van der Waals surface area (Å²) in [4.78, 5) is 0. The van der Waals surface area contributed by atoms with Crippen molar-refractivity contribution in [2.45, 2.75) is 5.33 Å². The van der Waals surface area contributed by atoms with Crippen LogP contribution >= 0.6 is 27.5 Å². The average molecular weight is 339 g/mol. The maximum atomic E-state index is 5.82. The van der Waals surface area contributed by atoms with Crippen molar-refractivity contribution in [2.75, 3.05) is 0 Å². The van der Waals surface area contributed by atoms with E-state index in [1.165, 1.54) is 0 Å².